The van der Waals surface area contributed by atoms with Crippen molar-refractivity contribution in [3.8, 4) is 0 Å². The molecule has 1 aromatic rings. The molecule has 1 saturated heterocycles. The van der Waals surface area contributed by atoms with E-state index in [1.54, 1.807) is 11.0 Å². The fourth-order valence-corrected chi connectivity index (χ4v) is 2.68. The summed E-state index contributed by atoms with van der Waals surface area (Å²) in [5, 5.41) is 0. The van der Waals surface area contributed by atoms with Gasteiger partial charge in [-0.25, -0.2) is 9.18 Å². The van der Waals surface area contributed by atoms with Gasteiger partial charge in [0.2, 0.25) is 0 Å². The van der Waals surface area contributed by atoms with Crippen LogP contribution in [0.4, 0.5) is 9.18 Å². The molecule has 1 fully saturated rings. The summed E-state index contributed by atoms with van der Waals surface area (Å²) < 4.78 is 18.6. The van der Waals surface area contributed by atoms with Crippen LogP contribution >= 0.6 is 0 Å². The van der Waals surface area contributed by atoms with Crippen LogP contribution in [0.15, 0.2) is 18.2 Å². The molecule has 0 bridgehead atoms. The molecular weight excluding hydrogens is 297 g/mol. The minimum Gasteiger partial charge on any atom is -0.444 e. The maximum atomic E-state index is 13.3. The van der Waals surface area contributed by atoms with Crippen LogP contribution in [0.1, 0.15) is 38.3 Å². The first kappa shape index (κ1) is 17.4. The maximum Gasteiger partial charge on any atom is 0.410 e. The summed E-state index contributed by atoms with van der Waals surface area (Å²) in [4.78, 5) is 26.0. The predicted octanol–water partition coefficient (Wildman–Crippen LogP) is 3.50. The number of ether oxygens (including phenoxy) is 1. The molecule has 1 heterocycles. The van der Waals surface area contributed by atoms with E-state index in [2.05, 4.69) is 0 Å². The van der Waals surface area contributed by atoms with Crippen molar-refractivity contribution >= 4 is 11.9 Å². The highest BCUT2D eigenvalue weighted by Crippen LogP contribution is 2.22. The predicted molar refractivity (Wildman–Crippen MR) is 85.8 cm³/mol. The van der Waals surface area contributed by atoms with E-state index in [0.29, 0.717) is 25.1 Å². The summed E-state index contributed by atoms with van der Waals surface area (Å²) in [5.41, 5.74) is 1.07. The second kappa shape index (κ2) is 6.69. The topological polar surface area (TPSA) is 46.6 Å². The Hall–Kier alpha value is -1.91. The minimum absolute atomic E-state index is 0.0461. The number of amides is 1. The third-order valence-electron chi connectivity index (χ3n) is 3.97. The lowest BCUT2D eigenvalue weighted by molar-refractivity contribution is -0.121. The monoisotopic (exact) mass is 321 g/mol. The number of rotatable bonds is 3. The molecule has 5 heteroatoms. The highest BCUT2D eigenvalue weighted by Gasteiger charge is 2.33. The Bertz CT molecular complexity index is 607. The Morgan fingerprint density at radius 3 is 2.70 bits per heavy atom. The summed E-state index contributed by atoms with van der Waals surface area (Å²) in [6.45, 7) is 8.21. The molecule has 1 aliphatic heterocycles. The number of carbonyl (C=O) groups is 2. The quantitative estimate of drug-likeness (QED) is 0.856. The zero-order valence-corrected chi connectivity index (χ0v) is 14.2. The molecule has 0 spiro atoms. The van der Waals surface area contributed by atoms with Crippen molar-refractivity contribution < 1.29 is 18.7 Å². The lowest BCUT2D eigenvalue weighted by Gasteiger charge is -2.24. The van der Waals surface area contributed by atoms with Crippen LogP contribution in [0.3, 0.4) is 0 Å². The Balaban J connectivity index is 1.95. The summed E-state index contributed by atoms with van der Waals surface area (Å²) in [5.74, 6) is -0.491. The molecule has 0 aliphatic carbocycles. The van der Waals surface area contributed by atoms with E-state index in [1.807, 2.05) is 27.7 Å². The van der Waals surface area contributed by atoms with E-state index < -0.39 is 5.60 Å². The lowest BCUT2D eigenvalue weighted by atomic mass is 9.95. The highest BCUT2D eigenvalue weighted by molar-refractivity contribution is 5.85. The number of halogens is 1. The highest BCUT2D eigenvalue weighted by atomic mass is 19.1. The van der Waals surface area contributed by atoms with Crippen molar-refractivity contribution in [3.63, 3.8) is 0 Å². The van der Waals surface area contributed by atoms with E-state index in [-0.39, 0.29) is 30.0 Å². The molecule has 0 saturated carbocycles. The Labute approximate surface area is 136 Å². The first-order valence-electron chi connectivity index (χ1n) is 7.91. The van der Waals surface area contributed by atoms with Crippen LogP contribution < -0.4 is 0 Å². The molecule has 1 unspecified atom stereocenters. The number of carbonyl (C=O) groups excluding carboxylic acids is 2. The van der Waals surface area contributed by atoms with Gasteiger partial charge in [-0.1, -0.05) is 6.07 Å². The molecule has 0 N–H and O–H groups in total. The first-order chi connectivity index (χ1) is 10.7. The van der Waals surface area contributed by atoms with Crippen molar-refractivity contribution in [1.82, 2.24) is 4.90 Å². The van der Waals surface area contributed by atoms with Gasteiger partial charge in [-0.2, -0.15) is 0 Å². The molecule has 1 aromatic carbocycles. The summed E-state index contributed by atoms with van der Waals surface area (Å²) >= 11 is 0. The minimum atomic E-state index is -0.544. The number of hydrogen-bond acceptors (Lipinski definition) is 3. The Morgan fingerprint density at radius 2 is 2.04 bits per heavy atom. The fraction of sp³-hybridized carbons (Fsp3) is 0.556. The van der Waals surface area contributed by atoms with E-state index in [0.717, 1.165) is 5.56 Å². The van der Waals surface area contributed by atoms with Gasteiger partial charge in [-0.05, 0) is 57.4 Å². The van der Waals surface area contributed by atoms with Gasteiger partial charge >= 0.3 is 6.09 Å². The molecule has 23 heavy (non-hydrogen) atoms. The number of Topliss-reactive ketones (excluding diaryl/α,β-unsaturated/α-hetero) is 1. The number of benzene rings is 1. The average Bonchev–Trinajstić information content (AvgIpc) is 2.91. The largest absolute Gasteiger partial charge is 0.444 e. The van der Waals surface area contributed by atoms with Crippen molar-refractivity contribution in [2.75, 3.05) is 13.1 Å². The molecular formula is C18H24FNO3. The fourth-order valence-electron chi connectivity index (χ4n) is 2.68. The second-order valence-corrected chi connectivity index (χ2v) is 7.13. The lowest BCUT2D eigenvalue weighted by Crippen LogP contribution is -2.36. The van der Waals surface area contributed by atoms with Crippen molar-refractivity contribution in [1.29, 1.82) is 0 Å². The van der Waals surface area contributed by atoms with Crippen molar-refractivity contribution in [2.24, 2.45) is 5.92 Å². The number of likely N-dealkylation sites (tertiary alicyclic amines) is 1. The molecule has 4 nitrogen and oxygen atoms in total. The summed E-state index contributed by atoms with van der Waals surface area (Å²) in [6, 6.07) is 4.48. The van der Waals surface area contributed by atoms with Crippen LogP contribution in [0.25, 0.3) is 0 Å². The zero-order chi connectivity index (χ0) is 17.2. The van der Waals surface area contributed by atoms with E-state index in [4.69, 9.17) is 4.74 Å². The van der Waals surface area contributed by atoms with Crippen molar-refractivity contribution in [2.45, 2.75) is 46.1 Å². The molecule has 0 aromatic heterocycles. The number of ketones is 1. The van der Waals surface area contributed by atoms with Crippen LogP contribution in [-0.2, 0) is 16.0 Å². The van der Waals surface area contributed by atoms with Gasteiger partial charge < -0.3 is 9.64 Å². The van der Waals surface area contributed by atoms with Crippen LogP contribution in [0, 0.1) is 18.7 Å². The third-order valence-corrected chi connectivity index (χ3v) is 3.97. The van der Waals surface area contributed by atoms with E-state index in [9.17, 15) is 14.0 Å². The molecule has 1 amide bonds. The van der Waals surface area contributed by atoms with Gasteiger partial charge in [0.25, 0.3) is 0 Å². The first-order valence-corrected chi connectivity index (χ1v) is 7.91. The molecule has 1 atom stereocenters. The third kappa shape index (κ3) is 4.78. The van der Waals surface area contributed by atoms with Crippen molar-refractivity contribution in [3.05, 3.63) is 35.1 Å². The molecule has 1 aliphatic rings. The standard InChI is InChI=1S/C18H24FNO3/c1-12-5-6-15(19)9-14(12)10-16(21)13-7-8-20(11-13)17(22)23-18(2,3)4/h5-6,9,13H,7-8,10-11H2,1-4H3. The van der Waals surface area contributed by atoms with Gasteiger partial charge in [-0.15, -0.1) is 0 Å². The Morgan fingerprint density at radius 1 is 1.35 bits per heavy atom. The molecule has 126 valence electrons. The SMILES string of the molecule is Cc1ccc(F)cc1CC(=O)C1CCN(C(=O)OC(C)(C)C)C1. The van der Waals surface area contributed by atoms with Crippen LogP contribution in [-0.4, -0.2) is 35.5 Å². The average molecular weight is 321 g/mol. The van der Waals surface area contributed by atoms with Crippen LogP contribution in [0.5, 0.6) is 0 Å². The number of aryl methyl sites for hydroxylation is 1. The number of hydrogen-bond donors (Lipinski definition) is 0. The molecule has 0 radical (unpaired) electrons. The zero-order valence-electron chi connectivity index (χ0n) is 14.2. The van der Waals surface area contributed by atoms with Gasteiger partial charge in [0.15, 0.2) is 0 Å². The summed E-state index contributed by atoms with van der Waals surface area (Å²) in [6.07, 6.45) is 0.456. The second-order valence-electron chi connectivity index (χ2n) is 7.13. The summed E-state index contributed by atoms with van der Waals surface area (Å²) in [7, 11) is 0. The normalized spacial score (nSPS) is 18.1. The maximum absolute atomic E-state index is 13.3. The van der Waals surface area contributed by atoms with Gasteiger partial charge in [0.1, 0.15) is 17.2 Å². The number of nitrogens with zero attached hydrogens (tertiary/aromatic N) is 1. The van der Waals surface area contributed by atoms with Gasteiger partial charge in [0, 0.05) is 25.4 Å². The molecule has 2 rings (SSSR count). The van der Waals surface area contributed by atoms with Gasteiger partial charge in [-0.3, -0.25) is 4.79 Å². The van der Waals surface area contributed by atoms with E-state index in [1.165, 1.54) is 12.1 Å². The van der Waals surface area contributed by atoms with E-state index >= 15 is 0 Å². The van der Waals surface area contributed by atoms with Crippen LogP contribution in [0.2, 0.25) is 0 Å². The Kier molecular flexibility index (Phi) is 5.07. The van der Waals surface area contributed by atoms with Gasteiger partial charge in [0.05, 0.1) is 0 Å². The smallest absolute Gasteiger partial charge is 0.410 e.